The molecule has 1 aromatic rings. The van der Waals surface area contributed by atoms with E-state index in [9.17, 15) is 9.59 Å². The van der Waals surface area contributed by atoms with E-state index in [2.05, 4.69) is 5.32 Å². The van der Waals surface area contributed by atoms with E-state index in [-0.39, 0.29) is 18.4 Å². The van der Waals surface area contributed by atoms with Crippen molar-refractivity contribution in [2.45, 2.75) is 25.9 Å². The van der Waals surface area contributed by atoms with Gasteiger partial charge in [-0.05, 0) is 24.1 Å². The molecule has 2 rings (SSSR count). The average molecular weight is 292 g/mol. The van der Waals surface area contributed by atoms with E-state index in [4.69, 9.17) is 9.47 Å². The lowest BCUT2D eigenvalue weighted by atomic mass is 10.1. The number of carbonyl (C=O) groups is 2. The quantitative estimate of drug-likeness (QED) is 0.877. The fourth-order valence-electron chi connectivity index (χ4n) is 2.48. The lowest BCUT2D eigenvalue weighted by Crippen LogP contribution is -2.57. The smallest absolute Gasteiger partial charge is 0.243 e. The maximum absolute atomic E-state index is 12.0. The molecule has 0 aromatic heterocycles. The average Bonchev–Trinajstić information content (AvgIpc) is 2.51. The van der Waals surface area contributed by atoms with E-state index >= 15 is 0 Å². The van der Waals surface area contributed by atoms with Crippen LogP contribution in [0.15, 0.2) is 18.2 Å². The van der Waals surface area contributed by atoms with E-state index in [0.29, 0.717) is 24.5 Å². The molecule has 0 spiro atoms. The van der Waals surface area contributed by atoms with Gasteiger partial charge in [0.25, 0.3) is 0 Å². The highest BCUT2D eigenvalue weighted by Gasteiger charge is 2.32. The SMILES string of the molecule is CCC1C(=O)NCC(=O)N1Cc1ccc(OC)c(OC)c1. The second kappa shape index (κ2) is 6.47. The zero-order chi connectivity index (χ0) is 15.4. The second-order valence-electron chi connectivity index (χ2n) is 4.85. The molecule has 1 aromatic carbocycles. The molecule has 0 aliphatic carbocycles. The van der Waals surface area contributed by atoms with Gasteiger partial charge in [-0.3, -0.25) is 9.59 Å². The van der Waals surface area contributed by atoms with Gasteiger partial charge < -0.3 is 19.7 Å². The Kier molecular flexibility index (Phi) is 4.67. The molecule has 6 heteroatoms. The predicted octanol–water partition coefficient (Wildman–Crippen LogP) is 0.941. The number of methoxy groups -OCH3 is 2. The fraction of sp³-hybridized carbons (Fsp3) is 0.467. The Bertz CT molecular complexity index is 544. The molecule has 0 radical (unpaired) electrons. The minimum absolute atomic E-state index is 0.0582. The molecule has 0 bridgehead atoms. The van der Waals surface area contributed by atoms with Crippen LogP contribution >= 0.6 is 0 Å². The third kappa shape index (κ3) is 3.09. The number of nitrogens with zero attached hydrogens (tertiary/aromatic N) is 1. The van der Waals surface area contributed by atoms with Crippen molar-refractivity contribution >= 4 is 11.8 Å². The van der Waals surface area contributed by atoms with Gasteiger partial charge in [-0.15, -0.1) is 0 Å². The third-order valence-electron chi connectivity index (χ3n) is 3.60. The third-order valence-corrected chi connectivity index (χ3v) is 3.60. The minimum Gasteiger partial charge on any atom is -0.493 e. The van der Waals surface area contributed by atoms with Crippen LogP contribution in [0.1, 0.15) is 18.9 Å². The highest BCUT2D eigenvalue weighted by atomic mass is 16.5. The Hall–Kier alpha value is -2.24. The van der Waals surface area contributed by atoms with Crippen LogP contribution in [0.2, 0.25) is 0 Å². The topological polar surface area (TPSA) is 67.9 Å². The largest absolute Gasteiger partial charge is 0.493 e. The summed E-state index contributed by atoms with van der Waals surface area (Å²) in [6.45, 7) is 2.33. The van der Waals surface area contributed by atoms with Crippen molar-refractivity contribution in [2.24, 2.45) is 0 Å². The maximum atomic E-state index is 12.0. The van der Waals surface area contributed by atoms with E-state index in [1.807, 2.05) is 19.1 Å². The zero-order valence-corrected chi connectivity index (χ0v) is 12.5. The molecule has 21 heavy (non-hydrogen) atoms. The fourth-order valence-corrected chi connectivity index (χ4v) is 2.48. The summed E-state index contributed by atoms with van der Waals surface area (Å²) < 4.78 is 10.5. The molecular weight excluding hydrogens is 272 g/mol. The van der Waals surface area contributed by atoms with Gasteiger partial charge in [0.15, 0.2) is 11.5 Å². The van der Waals surface area contributed by atoms with Gasteiger partial charge in [-0.2, -0.15) is 0 Å². The molecule has 0 saturated carbocycles. The Morgan fingerprint density at radius 1 is 1.24 bits per heavy atom. The van der Waals surface area contributed by atoms with Crippen LogP contribution < -0.4 is 14.8 Å². The van der Waals surface area contributed by atoms with Crippen molar-refractivity contribution < 1.29 is 19.1 Å². The minimum atomic E-state index is -0.417. The number of carbonyl (C=O) groups excluding carboxylic acids is 2. The molecule has 1 aliphatic rings. The molecule has 1 saturated heterocycles. The number of nitrogens with one attached hydrogen (secondary N) is 1. The second-order valence-corrected chi connectivity index (χ2v) is 4.85. The van der Waals surface area contributed by atoms with Gasteiger partial charge >= 0.3 is 0 Å². The zero-order valence-electron chi connectivity index (χ0n) is 12.5. The summed E-state index contributed by atoms with van der Waals surface area (Å²) in [5, 5.41) is 2.61. The summed E-state index contributed by atoms with van der Waals surface area (Å²) in [4.78, 5) is 25.5. The molecule has 6 nitrogen and oxygen atoms in total. The number of amides is 2. The summed E-state index contributed by atoms with van der Waals surface area (Å²) in [6, 6.07) is 5.07. The van der Waals surface area contributed by atoms with Crippen LogP contribution in [0.5, 0.6) is 11.5 Å². The molecule has 1 heterocycles. The first-order chi connectivity index (χ1) is 10.1. The van der Waals surface area contributed by atoms with Gasteiger partial charge in [-0.25, -0.2) is 0 Å². The molecule has 1 fully saturated rings. The molecule has 2 amide bonds. The normalized spacial score (nSPS) is 18.4. The monoisotopic (exact) mass is 292 g/mol. The Morgan fingerprint density at radius 3 is 2.57 bits per heavy atom. The van der Waals surface area contributed by atoms with Crippen molar-refractivity contribution in [3.05, 3.63) is 23.8 Å². The van der Waals surface area contributed by atoms with Gasteiger partial charge in [-0.1, -0.05) is 13.0 Å². The highest BCUT2D eigenvalue weighted by Crippen LogP contribution is 2.28. The summed E-state index contributed by atoms with van der Waals surface area (Å²) in [7, 11) is 3.14. The van der Waals surface area contributed by atoms with E-state index < -0.39 is 6.04 Å². The van der Waals surface area contributed by atoms with E-state index in [1.165, 1.54) is 0 Å². The van der Waals surface area contributed by atoms with Crippen LogP contribution in [0, 0.1) is 0 Å². The Labute approximate surface area is 124 Å². The Morgan fingerprint density at radius 2 is 1.95 bits per heavy atom. The van der Waals surface area contributed by atoms with Gasteiger partial charge in [0, 0.05) is 6.54 Å². The van der Waals surface area contributed by atoms with Crippen molar-refractivity contribution in [3.63, 3.8) is 0 Å². The molecule has 114 valence electrons. The van der Waals surface area contributed by atoms with Crippen molar-refractivity contribution in [1.82, 2.24) is 10.2 Å². The number of piperazine rings is 1. The maximum Gasteiger partial charge on any atom is 0.243 e. The van der Waals surface area contributed by atoms with Crippen LogP contribution in [-0.2, 0) is 16.1 Å². The first kappa shape index (κ1) is 15.2. The van der Waals surface area contributed by atoms with Crippen LogP contribution in [-0.4, -0.2) is 43.5 Å². The van der Waals surface area contributed by atoms with Gasteiger partial charge in [0.1, 0.15) is 6.04 Å². The van der Waals surface area contributed by atoms with Gasteiger partial charge in [0.05, 0.1) is 20.8 Å². The predicted molar refractivity (Wildman–Crippen MR) is 77.2 cm³/mol. The summed E-state index contributed by atoms with van der Waals surface area (Å²) in [6.07, 6.45) is 0.588. The molecular formula is C15H20N2O4. The standard InChI is InChI=1S/C15H20N2O4/c1-4-11-15(19)16-8-14(18)17(11)9-10-5-6-12(20-2)13(7-10)21-3/h5-7,11H,4,8-9H2,1-3H3,(H,16,19). The highest BCUT2D eigenvalue weighted by molar-refractivity contribution is 5.94. The van der Waals surface area contributed by atoms with Crippen molar-refractivity contribution in [2.75, 3.05) is 20.8 Å². The molecule has 1 aliphatic heterocycles. The summed E-state index contributed by atoms with van der Waals surface area (Å²) in [5.41, 5.74) is 0.897. The number of hydrogen-bond donors (Lipinski definition) is 1. The number of rotatable bonds is 5. The van der Waals surface area contributed by atoms with Crippen molar-refractivity contribution in [1.29, 1.82) is 0 Å². The van der Waals surface area contributed by atoms with Crippen LogP contribution in [0.4, 0.5) is 0 Å². The lowest BCUT2D eigenvalue weighted by Gasteiger charge is -2.34. The van der Waals surface area contributed by atoms with E-state index in [0.717, 1.165) is 5.56 Å². The van der Waals surface area contributed by atoms with Crippen molar-refractivity contribution in [3.8, 4) is 11.5 Å². The number of hydrogen-bond acceptors (Lipinski definition) is 4. The molecule has 1 N–H and O–H groups in total. The van der Waals surface area contributed by atoms with Crippen LogP contribution in [0.3, 0.4) is 0 Å². The number of benzene rings is 1. The Balaban J connectivity index is 2.23. The van der Waals surface area contributed by atoms with Gasteiger partial charge in [0.2, 0.25) is 11.8 Å². The molecule has 1 unspecified atom stereocenters. The molecule has 1 atom stereocenters. The summed E-state index contributed by atoms with van der Waals surface area (Å²) in [5.74, 6) is 1.07. The van der Waals surface area contributed by atoms with Crippen LogP contribution in [0.25, 0.3) is 0 Å². The lowest BCUT2D eigenvalue weighted by molar-refractivity contribution is -0.146. The number of ether oxygens (including phenoxy) is 2. The summed E-state index contributed by atoms with van der Waals surface area (Å²) >= 11 is 0. The first-order valence-corrected chi connectivity index (χ1v) is 6.88. The first-order valence-electron chi connectivity index (χ1n) is 6.88. The van der Waals surface area contributed by atoms with E-state index in [1.54, 1.807) is 25.2 Å².